The Labute approximate surface area is 179 Å². The third kappa shape index (κ3) is 3.85. The molecule has 0 radical (unpaired) electrons. The fourth-order valence-corrected chi connectivity index (χ4v) is 4.18. The van der Waals surface area contributed by atoms with Gasteiger partial charge in [0.25, 0.3) is 5.56 Å². The van der Waals surface area contributed by atoms with E-state index in [1.807, 2.05) is 19.9 Å². The number of H-pyrrole nitrogens is 1. The molecule has 3 heterocycles. The van der Waals surface area contributed by atoms with Gasteiger partial charge in [0.2, 0.25) is 5.91 Å². The van der Waals surface area contributed by atoms with Crippen LogP contribution in [0.1, 0.15) is 28.4 Å². The zero-order chi connectivity index (χ0) is 20.7. The maximum absolute atomic E-state index is 13.7. The van der Waals surface area contributed by atoms with Crippen molar-refractivity contribution < 1.29 is 9.18 Å². The van der Waals surface area contributed by atoms with Gasteiger partial charge in [0, 0.05) is 32.4 Å². The van der Waals surface area contributed by atoms with Crippen LogP contribution in [0.3, 0.4) is 0 Å². The molecule has 9 heteroatoms. The average Bonchev–Trinajstić information content (AvgIpc) is 2.98. The molecule has 1 aliphatic rings. The van der Waals surface area contributed by atoms with Crippen molar-refractivity contribution in [1.29, 1.82) is 0 Å². The predicted molar refractivity (Wildman–Crippen MR) is 115 cm³/mol. The molecule has 1 unspecified atom stereocenters. The number of aromatic amines is 1. The minimum atomic E-state index is -0.315. The van der Waals surface area contributed by atoms with Crippen molar-refractivity contribution in [2.24, 2.45) is 7.05 Å². The molecule has 1 aromatic carbocycles. The van der Waals surface area contributed by atoms with Gasteiger partial charge >= 0.3 is 0 Å². The summed E-state index contributed by atoms with van der Waals surface area (Å²) in [7, 11) is 1.74. The van der Waals surface area contributed by atoms with E-state index in [2.05, 4.69) is 15.4 Å². The summed E-state index contributed by atoms with van der Waals surface area (Å²) >= 11 is 0. The molecule has 2 aromatic heterocycles. The Hall–Kier alpha value is -2.71. The molecule has 7 nitrogen and oxygen atoms in total. The van der Waals surface area contributed by atoms with E-state index < -0.39 is 0 Å². The molecule has 2 N–H and O–H groups in total. The lowest BCUT2D eigenvalue weighted by atomic mass is 9.98. The molecule has 1 fully saturated rings. The van der Waals surface area contributed by atoms with Gasteiger partial charge in [-0.2, -0.15) is 0 Å². The number of hydrogen-bond acceptors (Lipinski definition) is 4. The van der Waals surface area contributed by atoms with Crippen LogP contribution in [-0.2, 0) is 18.3 Å². The average molecular weight is 434 g/mol. The first-order valence-electron chi connectivity index (χ1n) is 9.67. The molecule has 30 heavy (non-hydrogen) atoms. The Bertz CT molecular complexity index is 1160. The van der Waals surface area contributed by atoms with Crippen molar-refractivity contribution in [2.75, 3.05) is 19.6 Å². The third-order valence-electron chi connectivity index (χ3n) is 5.70. The van der Waals surface area contributed by atoms with Crippen LogP contribution in [0.15, 0.2) is 29.1 Å². The van der Waals surface area contributed by atoms with Gasteiger partial charge in [0.05, 0.1) is 17.8 Å². The van der Waals surface area contributed by atoms with Crippen molar-refractivity contribution in [3.05, 3.63) is 62.8 Å². The molecule has 0 bridgehead atoms. The van der Waals surface area contributed by atoms with Crippen molar-refractivity contribution in [2.45, 2.75) is 26.3 Å². The number of amides is 1. The smallest absolute Gasteiger partial charge is 0.273 e. The van der Waals surface area contributed by atoms with Crippen molar-refractivity contribution >= 4 is 29.3 Å². The van der Waals surface area contributed by atoms with Crippen molar-refractivity contribution in [3.63, 3.8) is 0 Å². The van der Waals surface area contributed by atoms with Gasteiger partial charge in [-0.15, -0.1) is 12.4 Å². The molecule has 0 spiro atoms. The number of aromatic nitrogens is 3. The van der Waals surface area contributed by atoms with Crippen LogP contribution < -0.4 is 10.9 Å². The lowest BCUT2D eigenvalue weighted by molar-refractivity contribution is -0.133. The van der Waals surface area contributed by atoms with E-state index in [1.165, 1.54) is 12.1 Å². The summed E-state index contributed by atoms with van der Waals surface area (Å²) in [4.78, 5) is 31.9. The highest BCUT2D eigenvalue weighted by Gasteiger charge is 2.29. The highest BCUT2D eigenvalue weighted by molar-refractivity contribution is 5.85. The number of carbonyl (C=O) groups is 1. The van der Waals surface area contributed by atoms with E-state index in [0.717, 1.165) is 22.4 Å². The van der Waals surface area contributed by atoms with E-state index in [-0.39, 0.29) is 42.2 Å². The SMILES string of the molecule is Cc1nc2c(c(C)c1CC(=O)N1CCNCC1c1cccc(F)c1)c(=O)[nH]n2C.Cl. The molecule has 0 aliphatic carbocycles. The maximum Gasteiger partial charge on any atom is 0.273 e. The quantitative estimate of drug-likeness (QED) is 0.663. The lowest BCUT2D eigenvalue weighted by Gasteiger charge is -2.37. The monoisotopic (exact) mass is 433 g/mol. The van der Waals surface area contributed by atoms with Gasteiger partial charge in [0.15, 0.2) is 5.65 Å². The summed E-state index contributed by atoms with van der Waals surface area (Å²) in [5.41, 5.74) is 3.43. The molecule has 3 aromatic rings. The van der Waals surface area contributed by atoms with E-state index in [0.29, 0.717) is 30.7 Å². The fourth-order valence-electron chi connectivity index (χ4n) is 4.18. The van der Waals surface area contributed by atoms with Gasteiger partial charge in [-0.3, -0.25) is 19.4 Å². The number of aryl methyl sites for hydroxylation is 3. The Morgan fingerprint density at radius 3 is 2.83 bits per heavy atom. The molecular formula is C21H25ClFN5O2. The second kappa shape index (κ2) is 8.57. The van der Waals surface area contributed by atoms with Crippen molar-refractivity contribution in [3.8, 4) is 0 Å². The second-order valence-electron chi connectivity index (χ2n) is 7.54. The minimum absolute atomic E-state index is 0. The molecule has 1 aliphatic heterocycles. The topological polar surface area (TPSA) is 83.0 Å². The molecule has 0 saturated carbocycles. The van der Waals surface area contributed by atoms with Crippen LogP contribution in [0.5, 0.6) is 0 Å². The fraction of sp³-hybridized carbons (Fsp3) is 0.381. The first-order chi connectivity index (χ1) is 13.9. The zero-order valence-corrected chi connectivity index (χ0v) is 18.0. The summed E-state index contributed by atoms with van der Waals surface area (Å²) in [5, 5.41) is 6.52. The summed E-state index contributed by atoms with van der Waals surface area (Å²) in [6.45, 7) is 5.51. The van der Waals surface area contributed by atoms with Gasteiger partial charge in [-0.25, -0.2) is 9.37 Å². The largest absolute Gasteiger partial charge is 0.333 e. The van der Waals surface area contributed by atoms with E-state index in [9.17, 15) is 14.0 Å². The Morgan fingerprint density at radius 1 is 1.33 bits per heavy atom. The minimum Gasteiger partial charge on any atom is -0.333 e. The van der Waals surface area contributed by atoms with Crippen LogP contribution in [0.25, 0.3) is 11.0 Å². The third-order valence-corrected chi connectivity index (χ3v) is 5.70. The van der Waals surface area contributed by atoms with Crippen LogP contribution in [0.4, 0.5) is 4.39 Å². The van der Waals surface area contributed by atoms with E-state index in [4.69, 9.17) is 0 Å². The van der Waals surface area contributed by atoms with Crippen LogP contribution in [0.2, 0.25) is 0 Å². The lowest BCUT2D eigenvalue weighted by Crippen LogP contribution is -2.49. The normalized spacial score (nSPS) is 16.5. The number of fused-ring (bicyclic) bond motifs is 1. The first-order valence-corrected chi connectivity index (χ1v) is 9.67. The molecular weight excluding hydrogens is 409 g/mol. The number of carbonyl (C=O) groups excluding carboxylic acids is 1. The van der Waals surface area contributed by atoms with Gasteiger partial charge in [0.1, 0.15) is 5.82 Å². The molecule has 1 atom stereocenters. The number of benzene rings is 1. The van der Waals surface area contributed by atoms with Crippen LogP contribution >= 0.6 is 12.4 Å². The van der Waals surface area contributed by atoms with Crippen LogP contribution in [0, 0.1) is 19.7 Å². The highest BCUT2D eigenvalue weighted by Crippen LogP contribution is 2.26. The van der Waals surface area contributed by atoms with Crippen LogP contribution in [-0.4, -0.2) is 45.2 Å². The highest BCUT2D eigenvalue weighted by atomic mass is 35.5. The number of hydrogen-bond donors (Lipinski definition) is 2. The summed E-state index contributed by atoms with van der Waals surface area (Å²) in [6.07, 6.45) is 0.154. The predicted octanol–water partition coefficient (Wildman–Crippen LogP) is 2.15. The number of nitrogens with one attached hydrogen (secondary N) is 2. The summed E-state index contributed by atoms with van der Waals surface area (Å²) < 4.78 is 15.3. The maximum atomic E-state index is 13.7. The zero-order valence-electron chi connectivity index (χ0n) is 17.2. The second-order valence-corrected chi connectivity index (χ2v) is 7.54. The van der Waals surface area contributed by atoms with Gasteiger partial charge < -0.3 is 10.2 Å². The summed E-state index contributed by atoms with van der Waals surface area (Å²) in [5.74, 6) is -0.370. The first kappa shape index (κ1) is 22.0. The van der Waals surface area contributed by atoms with Gasteiger partial charge in [-0.1, -0.05) is 12.1 Å². The molecule has 4 rings (SSSR count). The molecule has 160 valence electrons. The van der Waals surface area contributed by atoms with E-state index >= 15 is 0 Å². The summed E-state index contributed by atoms with van der Waals surface area (Å²) in [6, 6.07) is 6.15. The van der Waals surface area contributed by atoms with Crippen molar-refractivity contribution in [1.82, 2.24) is 25.0 Å². The number of piperazine rings is 1. The number of nitrogens with zero attached hydrogens (tertiary/aromatic N) is 3. The number of rotatable bonds is 3. The number of halogens is 2. The molecule has 1 saturated heterocycles. The van der Waals surface area contributed by atoms with E-state index in [1.54, 1.807) is 22.7 Å². The Morgan fingerprint density at radius 2 is 2.10 bits per heavy atom. The standard InChI is InChI=1S/C21H24FN5O2.ClH/c1-12-16(13(2)24-20-19(12)21(29)25-26(20)3)10-18(28)27-8-7-23-11-17(27)14-5-4-6-15(22)9-14;/h4-6,9,17,23H,7-8,10-11H2,1-3H3,(H,25,29);1H. The molecule has 1 amide bonds. The Kier molecular flexibility index (Phi) is 6.28. The van der Waals surface area contributed by atoms with Gasteiger partial charge in [-0.05, 0) is 42.7 Å². The number of pyridine rings is 1. The Balaban J connectivity index is 0.00000256.